The van der Waals surface area contributed by atoms with Gasteiger partial charge in [0.15, 0.2) is 17.7 Å². The number of benzene rings is 12. The highest BCUT2D eigenvalue weighted by molar-refractivity contribution is 9.26. The Morgan fingerprint density at radius 2 is 0.864 bits per heavy atom. The third-order valence-corrected chi connectivity index (χ3v) is 25.2. The van der Waals surface area contributed by atoms with Crippen LogP contribution in [0.25, 0.3) is 32.3 Å². The highest BCUT2D eigenvalue weighted by Crippen LogP contribution is 2.45. The zero-order chi connectivity index (χ0) is 98.0. The van der Waals surface area contributed by atoms with E-state index in [1.807, 2.05) is 184 Å². The smallest absolute Gasteiger partial charge is 0.339 e. The normalized spacial score (nSPS) is 13.8. The van der Waals surface area contributed by atoms with E-state index in [2.05, 4.69) is 188 Å². The second-order valence-corrected chi connectivity index (χ2v) is 39.6. The summed E-state index contributed by atoms with van der Waals surface area (Å²) >= 11 is 10.3. The Labute approximate surface area is 807 Å². The van der Waals surface area contributed by atoms with Gasteiger partial charge in [0, 0.05) is 64.6 Å². The largest absolute Gasteiger partial charge is 0.507 e. The Balaban J connectivity index is 0.000000229. The lowest BCUT2D eigenvalue weighted by Gasteiger charge is -2.32. The van der Waals surface area contributed by atoms with Crippen LogP contribution in [-0.4, -0.2) is 89.8 Å². The molecule has 2 aliphatic rings. The van der Waals surface area contributed by atoms with Gasteiger partial charge in [0.1, 0.15) is 26.3 Å². The van der Waals surface area contributed by atoms with Crippen LogP contribution in [0.1, 0.15) is 214 Å². The number of fused-ring (bicyclic) bond motifs is 5. The van der Waals surface area contributed by atoms with Crippen LogP contribution in [0.5, 0.6) is 17.2 Å². The van der Waals surface area contributed by atoms with E-state index in [4.69, 9.17) is 19.3 Å². The molecule has 0 fully saturated rings. The molecule has 0 aromatic heterocycles. The molecule has 0 aliphatic heterocycles. The van der Waals surface area contributed by atoms with Crippen molar-refractivity contribution >= 4 is 121 Å². The Kier molecular flexibility index (Phi) is 44.4. The summed E-state index contributed by atoms with van der Waals surface area (Å²) in [6, 6.07) is 70.6. The van der Waals surface area contributed by atoms with E-state index >= 15 is 0 Å². The van der Waals surface area contributed by atoms with Gasteiger partial charge in [-0.1, -0.05) is 321 Å². The number of carboxylic acids is 1. The molecule has 0 saturated heterocycles. The Morgan fingerprint density at radius 3 is 1.35 bits per heavy atom. The number of aliphatic hydroxyl groups is 1. The van der Waals surface area contributed by atoms with Crippen molar-refractivity contribution in [3.8, 4) is 17.2 Å². The minimum Gasteiger partial charge on any atom is -0.507 e. The number of halogens is 3. The standard InChI is InChI=1S/C16H18O4.C14H20O2.C14H18O2.C12H12Br2O.C12H11BrO.C12H16O2.C12H14O.C12H12O.C10H12O/c1-4-20-16(19)15(18)13-10(3)8-11-7-9(2)5-6-12(11)14(13)17;2*1-4-16-14(15)10-12(3)9-13-7-5-6-11(2)8-13;1-7-3-4-10-9(5-7)6-8(2)12(13,14)11(10)15;1-7-3-4-10-9(5-7)6-8(2)11(13)12(10)14;1-9-4-3-5-11(6-9)7-10(2)8-12(13)14;2*1-8-3-4-11-10(5-8)6-9(2)7-12(11)13;1-8-4-3-5-10(6-8)7-9(2)11/h5-8,15,17-18H,4H2,1-3H3;5-8,12H,4,9-10H2,1-3H3;5-8,10H,4,9H2,1-3H3;3-5,8H,6H2,1-2H3;3-6,14H,1-2H3;3-6,10H,7-8H2,1-2H3,(H,13,14);3-5,9H,6-7H2,1-2H3;3-7,13H,1-2H3;3-6H,7H2,1-2H3. The van der Waals surface area contributed by atoms with Gasteiger partial charge < -0.3 is 39.7 Å². The predicted octanol–water partition coefficient (Wildman–Crippen LogP) is 27.4. The van der Waals surface area contributed by atoms with Crippen LogP contribution in [-0.2, 0) is 76.7 Å². The van der Waals surface area contributed by atoms with Crippen molar-refractivity contribution < 1.29 is 73.3 Å². The van der Waals surface area contributed by atoms with Crippen LogP contribution in [0.3, 0.4) is 0 Å². The van der Waals surface area contributed by atoms with Gasteiger partial charge in [-0.3, -0.25) is 24.0 Å². The number of allylic oxidation sites excluding steroid dienone is 1. The zero-order valence-corrected chi connectivity index (χ0v) is 85.4. The van der Waals surface area contributed by atoms with E-state index in [-0.39, 0.29) is 59.7 Å². The van der Waals surface area contributed by atoms with Crippen LogP contribution >= 0.6 is 47.8 Å². The molecule has 12 aromatic rings. The summed E-state index contributed by atoms with van der Waals surface area (Å²) in [5.41, 5.74) is 24.0. The maximum absolute atomic E-state index is 12.2. The fourth-order valence-electron chi connectivity index (χ4n) is 15.7. The summed E-state index contributed by atoms with van der Waals surface area (Å²) in [6.45, 7) is 42.3. The number of aryl methyl sites for hydroxylation is 12. The fourth-order valence-corrected chi connectivity index (χ4v) is 16.8. The topological polar surface area (TPSA) is 248 Å². The molecule has 14 rings (SSSR count). The molecule has 2 aliphatic carbocycles. The molecule has 15 nitrogen and oxygen atoms in total. The van der Waals surface area contributed by atoms with Crippen LogP contribution in [0.2, 0.25) is 0 Å². The SMILES string of the molecule is CC(=O)Cc1cccc(C)c1.CCOC(=O)C(O)c1c(C)cc2cc(C)ccc2c1O.CCOC(=O)C=C(C)Cc1cccc(C)c1.CCOC(=O)CC(C)Cc1cccc(C)c1.Cc1ccc2c(O)c(Br)c(C)cc2c1.Cc1ccc2c(O)cc(C)cc2c1.Cc1ccc2c(c1)CC(C)C(Br)(Br)C2=O.Cc1ccc2c(c1)CC(C)CC2=O.Cc1cccc(CC(C)CC(=O)O)c1. The molecule has 0 saturated carbocycles. The number of aromatic hydroxyl groups is 3. The number of hydrogen-bond acceptors (Lipinski definition) is 14. The number of rotatable bonds is 18. The molecule has 0 amide bonds. The minimum atomic E-state index is -1.47. The van der Waals surface area contributed by atoms with E-state index in [0.717, 1.165) is 109 Å². The number of carbonyl (C=O) groups excluding carboxylic acids is 6. The number of alkyl halides is 2. The molecule has 0 heterocycles. The molecule has 0 spiro atoms. The van der Waals surface area contributed by atoms with E-state index in [0.29, 0.717) is 66.1 Å². The molecule has 18 heteroatoms. The Hall–Kier alpha value is -11.2. The van der Waals surface area contributed by atoms with Crippen molar-refractivity contribution in [2.45, 2.75) is 213 Å². The molecule has 5 N–H and O–H groups in total. The summed E-state index contributed by atoms with van der Waals surface area (Å²) in [5, 5.41) is 54.0. The van der Waals surface area contributed by atoms with Crippen molar-refractivity contribution in [1.82, 2.24) is 0 Å². The highest BCUT2D eigenvalue weighted by Gasteiger charge is 2.43. The third-order valence-electron chi connectivity index (χ3n) is 22.0. The third kappa shape index (κ3) is 35.8. The number of aliphatic hydroxyl groups excluding tert-OH is 1. The molecule has 5 unspecified atom stereocenters. The molecule has 700 valence electrons. The van der Waals surface area contributed by atoms with E-state index < -0.39 is 21.3 Å². The van der Waals surface area contributed by atoms with Crippen LogP contribution in [0.4, 0.5) is 0 Å². The number of hydrogen-bond donors (Lipinski definition) is 5. The number of phenols is 3. The summed E-state index contributed by atoms with van der Waals surface area (Å²) in [4.78, 5) is 79.1. The van der Waals surface area contributed by atoms with Gasteiger partial charge in [-0.05, 0) is 262 Å². The van der Waals surface area contributed by atoms with E-state index in [1.54, 1.807) is 39.0 Å². The first-order valence-electron chi connectivity index (χ1n) is 45.0. The number of carbonyl (C=O) groups is 7. The van der Waals surface area contributed by atoms with Crippen LogP contribution in [0, 0.1) is 107 Å². The monoisotopic (exact) mass is 1980 g/mol. The average Bonchev–Trinajstić information content (AvgIpc) is 0.764. The number of ether oxygens (including phenoxy) is 3. The average molecular weight is 1980 g/mol. The van der Waals surface area contributed by atoms with Gasteiger partial charge in [0.25, 0.3) is 0 Å². The number of aliphatic carboxylic acids is 1. The summed E-state index contributed by atoms with van der Waals surface area (Å²) in [5.74, 6) is 0.797. The lowest BCUT2D eigenvalue weighted by atomic mass is 9.83. The quantitative estimate of drug-likeness (QED) is 0.0232. The summed E-state index contributed by atoms with van der Waals surface area (Å²) < 4.78 is 14.8. The fraction of sp³-hybridized carbons (Fsp3) is 0.342. The van der Waals surface area contributed by atoms with Crippen LogP contribution < -0.4 is 0 Å². The lowest BCUT2D eigenvalue weighted by molar-refractivity contribution is -0.153. The number of Topliss-reactive ketones (excluding diaryl/α,β-unsaturated/α-hetero) is 3. The highest BCUT2D eigenvalue weighted by atomic mass is 79.9. The molecule has 12 aromatic carbocycles. The van der Waals surface area contributed by atoms with Crippen molar-refractivity contribution in [2.75, 3.05) is 19.8 Å². The van der Waals surface area contributed by atoms with Crippen molar-refractivity contribution in [2.24, 2.45) is 23.7 Å². The second-order valence-electron chi connectivity index (χ2n) is 35.2. The Bertz CT molecular complexity index is 5990. The minimum absolute atomic E-state index is 0.0689. The number of phenolic OH excluding ortho intramolecular Hbond substituents is 3. The van der Waals surface area contributed by atoms with Gasteiger partial charge in [0.2, 0.25) is 0 Å². The number of ketones is 3. The molecule has 5 atom stereocenters. The first-order chi connectivity index (χ1) is 62.3. The first-order valence-corrected chi connectivity index (χ1v) is 47.4. The molecule has 132 heavy (non-hydrogen) atoms. The van der Waals surface area contributed by atoms with Crippen molar-refractivity contribution in [3.63, 3.8) is 0 Å². The molecule has 0 bridgehead atoms. The molecule has 0 radical (unpaired) electrons. The van der Waals surface area contributed by atoms with Crippen molar-refractivity contribution in [1.29, 1.82) is 0 Å². The Morgan fingerprint density at radius 1 is 0.455 bits per heavy atom. The number of esters is 3. The van der Waals surface area contributed by atoms with Crippen molar-refractivity contribution in [3.05, 3.63) is 345 Å². The van der Waals surface area contributed by atoms with E-state index in [1.165, 1.54) is 72.3 Å². The maximum atomic E-state index is 12.2. The number of carboxylic acid groups (broad SMARTS) is 1. The van der Waals surface area contributed by atoms with E-state index in [9.17, 15) is 54.0 Å². The first kappa shape index (κ1) is 110. The molecular formula is C114H133Br3O15. The van der Waals surface area contributed by atoms with Gasteiger partial charge in [-0.2, -0.15) is 0 Å². The molecular weight excluding hydrogens is 1850 g/mol. The van der Waals surface area contributed by atoms with Gasteiger partial charge in [0.05, 0.1) is 24.3 Å². The van der Waals surface area contributed by atoms with Gasteiger partial charge in [-0.25, -0.2) is 9.59 Å². The maximum Gasteiger partial charge on any atom is 0.339 e. The van der Waals surface area contributed by atoms with Gasteiger partial charge in [-0.15, -0.1) is 0 Å². The van der Waals surface area contributed by atoms with Gasteiger partial charge >= 0.3 is 23.9 Å². The lowest BCUT2D eigenvalue weighted by Crippen LogP contribution is -2.38. The zero-order valence-electron chi connectivity index (χ0n) is 80.6. The summed E-state index contributed by atoms with van der Waals surface area (Å²) in [7, 11) is 0. The second kappa shape index (κ2) is 53.5. The summed E-state index contributed by atoms with van der Waals surface area (Å²) in [6.07, 6.45) is 6.66. The van der Waals surface area contributed by atoms with Crippen LogP contribution in [0.15, 0.2) is 228 Å². The predicted molar refractivity (Wildman–Crippen MR) is 549 cm³/mol.